The van der Waals surface area contributed by atoms with Gasteiger partial charge in [0.2, 0.25) is 0 Å². The van der Waals surface area contributed by atoms with Gasteiger partial charge in [0, 0.05) is 0 Å². The predicted molar refractivity (Wildman–Crippen MR) is 69.6 cm³/mol. The van der Waals surface area contributed by atoms with Gasteiger partial charge in [0.1, 0.15) is 11.4 Å². The number of nitrogens with zero attached hydrogens (tertiary/aromatic N) is 2. The summed E-state index contributed by atoms with van der Waals surface area (Å²) < 4.78 is 27.1. The van der Waals surface area contributed by atoms with E-state index in [0.717, 1.165) is 12.8 Å². The van der Waals surface area contributed by atoms with Crippen molar-refractivity contribution in [2.75, 3.05) is 0 Å². The molecule has 0 amide bonds. The Hall–Kier alpha value is -1.39. The van der Waals surface area contributed by atoms with Crippen LogP contribution in [0.4, 0.5) is 0 Å². The molecular formula is C12H18N4O2S. The molecule has 0 aromatic carbocycles. The summed E-state index contributed by atoms with van der Waals surface area (Å²) in [5, 5.41) is 9.38. The number of hydrogen-bond donors (Lipinski definition) is 2. The number of imidazole rings is 1. The summed E-state index contributed by atoms with van der Waals surface area (Å²) in [6.45, 7) is 3.72. The van der Waals surface area contributed by atoms with E-state index >= 15 is 0 Å². The maximum Gasteiger partial charge on any atom is 0.258 e. The van der Waals surface area contributed by atoms with Crippen molar-refractivity contribution in [2.24, 2.45) is 5.92 Å². The second-order valence-electron chi connectivity index (χ2n) is 5.33. The van der Waals surface area contributed by atoms with Crippen molar-refractivity contribution in [3.8, 4) is 6.07 Å². The highest BCUT2D eigenvalue weighted by Gasteiger charge is 2.39. The molecule has 6 nitrogen and oxygen atoms in total. The van der Waals surface area contributed by atoms with Crippen LogP contribution < -0.4 is 4.72 Å². The van der Waals surface area contributed by atoms with Crippen LogP contribution in [0.3, 0.4) is 0 Å². The minimum atomic E-state index is -3.72. The summed E-state index contributed by atoms with van der Waals surface area (Å²) in [7, 11) is -3.72. The summed E-state index contributed by atoms with van der Waals surface area (Å²) in [5.41, 5.74) is -0.991. The molecule has 0 saturated heterocycles. The number of hydrogen-bond acceptors (Lipinski definition) is 4. The lowest BCUT2D eigenvalue weighted by molar-refractivity contribution is 0.270. The standard InChI is InChI=1S/C12H18N4O2S/c1-9-4-3-5-12(6-9,8-13)16-19(17,18)11-7-14-10(2)15-11/h7,9,16H,3-6H2,1-2H3,(H,14,15)/t9-,12-/m1/s1. The van der Waals surface area contributed by atoms with Gasteiger partial charge < -0.3 is 4.98 Å². The van der Waals surface area contributed by atoms with Crippen molar-refractivity contribution < 1.29 is 8.42 Å². The van der Waals surface area contributed by atoms with Gasteiger partial charge in [0.25, 0.3) is 10.0 Å². The molecule has 0 bridgehead atoms. The summed E-state index contributed by atoms with van der Waals surface area (Å²) >= 11 is 0. The van der Waals surface area contributed by atoms with E-state index in [1.54, 1.807) is 6.92 Å². The zero-order valence-electron chi connectivity index (χ0n) is 11.1. The van der Waals surface area contributed by atoms with Gasteiger partial charge in [-0.05, 0) is 25.7 Å². The molecule has 19 heavy (non-hydrogen) atoms. The van der Waals surface area contributed by atoms with Crippen LogP contribution in [-0.4, -0.2) is 23.9 Å². The lowest BCUT2D eigenvalue weighted by Gasteiger charge is -2.34. The second kappa shape index (κ2) is 4.94. The fraction of sp³-hybridized carbons (Fsp3) is 0.667. The quantitative estimate of drug-likeness (QED) is 0.877. The predicted octanol–water partition coefficient (Wildman–Crippen LogP) is 1.47. The molecule has 104 valence electrons. The first-order chi connectivity index (χ1) is 8.87. The number of sulfonamides is 1. The fourth-order valence-electron chi connectivity index (χ4n) is 2.62. The smallest absolute Gasteiger partial charge is 0.258 e. The van der Waals surface area contributed by atoms with Crippen LogP contribution in [0, 0.1) is 24.2 Å². The highest BCUT2D eigenvalue weighted by Crippen LogP contribution is 2.32. The van der Waals surface area contributed by atoms with Gasteiger partial charge in [-0.15, -0.1) is 0 Å². The third kappa shape index (κ3) is 2.96. The van der Waals surface area contributed by atoms with Gasteiger partial charge >= 0.3 is 0 Å². The molecular weight excluding hydrogens is 264 g/mol. The van der Waals surface area contributed by atoms with Crippen LogP contribution in [0.5, 0.6) is 0 Å². The van der Waals surface area contributed by atoms with E-state index in [9.17, 15) is 13.7 Å². The second-order valence-corrected chi connectivity index (χ2v) is 6.98. The van der Waals surface area contributed by atoms with Gasteiger partial charge in [0.15, 0.2) is 5.03 Å². The molecule has 0 radical (unpaired) electrons. The van der Waals surface area contributed by atoms with Gasteiger partial charge in [-0.1, -0.05) is 19.8 Å². The van der Waals surface area contributed by atoms with E-state index in [2.05, 4.69) is 20.8 Å². The summed E-state index contributed by atoms with van der Waals surface area (Å²) in [6, 6.07) is 2.16. The van der Waals surface area contributed by atoms with Crippen molar-refractivity contribution in [1.29, 1.82) is 5.26 Å². The Morgan fingerprint density at radius 1 is 1.63 bits per heavy atom. The lowest BCUT2D eigenvalue weighted by Crippen LogP contribution is -2.50. The van der Waals surface area contributed by atoms with E-state index < -0.39 is 15.6 Å². The molecule has 1 saturated carbocycles. The largest absolute Gasteiger partial charge is 0.332 e. The molecule has 1 fully saturated rings. The van der Waals surface area contributed by atoms with Crippen LogP contribution in [0.2, 0.25) is 0 Å². The van der Waals surface area contributed by atoms with E-state index in [1.807, 2.05) is 6.92 Å². The van der Waals surface area contributed by atoms with Gasteiger partial charge in [-0.2, -0.15) is 9.98 Å². The number of aromatic nitrogens is 2. The molecule has 0 aliphatic heterocycles. The molecule has 1 aromatic heterocycles. The number of aryl methyl sites for hydroxylation is 1. The van der Waals surface area contributed by atoms with Crippen LogP contribution in [0.1, 0.15) is 38.4 Å². The third-order valence-corrected chi connectivity index (χ3v) is 4.96. The maximum atomic E-state index is 12.3. The average Bonchev–Trinajstić information content (AvgIpc) is 2.76. The zero-order chi connectivity index (χ0) is 14.1. The van der Waals surface area contributed by atoms with Crippen LogP contribution in [-0.2, 0) is 10.0 Å². The molecule has 2 atom stereocenters. The van der Waals surface area contributed by atoms with E-state index in [1.165, 1.54) is 6.20 Å². The monoisotopic (exact) mass is 282 g/mol. The molecule has 1 heterocycles. The van der Waals surface area contributed by atoms with E-state index in [0.29, 0.717) is 24.6 Å². The summed E-state index contributed by atoms with van der Waals surface area (Å²) in [4.78, 5) is 6.57. The maximum absolute atomic E-state index is 12.3. The molecule has 1 aromatic rings. The average molecular weight is 282 g/mol. The molecule has 1 aliphatic rings. The Morgan fingerprint density at radius 2 is 2.37 bits per heavy atom. The van der Waals surface area contributed by atoms with Gasteiger partial charge in [-0.25, -0.2) is 13.4 Å². The Balaban J connectivity index is 2.25. The van der Waals surface area contributed by atoms with Crippen molar-refractivity contribution in [3.05, 3.63) is 12.0 Å². The van der Waals surface area contributed by atoms with Crippen molar-refractivity contribution >= 4 is 10.0 Å². The number of rotatable bonds is 3. The van der Waals surface area contributed by atoms with Crippen molar-refractivity contribution in [3.63, 3.8) is 0 Å². The number of H-pyrrole nitrogens is 1. The van der Waals surface area contributed by atoms with E-state index in [-0.39, 0.29) is 5.03 Å². The lowest BCUT2D eigenvalue weighted by atomic mass is 9.78. The zero-order valence-corrected chi connectivity index (χ0v) is 11.9. The molecule has 2 N–H and O–H groups in total. The molecule has 2 rings (SSSR count). The SMILES string of the molecule is Cc1ncc(S(=O)(=O)N[C@]2(C#N)CCC[C@@H](C)C2)[nH]1. The van der Waals surface area contributed by atoms with Gasteiger partial charge in [0.05, 0.1) is 12.3 Å². The minimum Gasteiger partial charge on any atom is -0.332 e. The Bertz CT molecular complexity index is 601. The highest BCUT2D eigenvalue weighted by atomic mass is 32.2. The van der Waals surface area contributed by atoms with Gasteiger partial charge in [-0.3, -0.25) is 0 Å². The topological polar surface area (TPSA) is 98.6 Å². The minimum absolute atomic E-state index is 0.0119. The van der Waals surface area contributed by atoms with Crippen molar-refractivity contribution in [1.82, 2.24) is 14.7 Å². The van der Waals surface area contributed by atoms with E-state index in [4.69, 9.17) is 0 Å². The number of nitriles is 1. The Morgan fingerprint density at radius 3 is 2.89 bits per heavy atom. The van der Waals surface area contributed by atoms with Crippen LogP contribution in [0.15, 0.2) is 11.2 Å². The molecule has 0 spiro atoms. The first-order valence-electron chi connectivity index (χ1n) is 6.34. The first kappa shape index (κ1) is 14.0. The van der Waals surface area contributed by atoms with Crippen LogP contribution in [0.25, 0.3) is 0 Å². The summed E-state index contributed by atoms with van der Waals surface area (Å²) in [6.07, 6.45) is 4.28. The third-order valence-electron chi connectivity index (χ3n) is 3.51. The summed E-state index contributed by atoms with van der Waals surface area (Å²) in [5.74, 6) is 0.878. The normalized spacial score (nSPS) is 27.9. The molecule has 7 heteroatoms. The molecule has 0 unspecified atom stereocenters. The molecule has 1 aliphatic carbocycles. The number of nitrogens with one attached hydrogen (secondary N) is 2. The van der Waals surface area contributed by atoms with Crippen molar-refractivity contribution in [2.45, 2.75) is 50.1 Å². The Kier molecular flexibility index (Phi) is 3.65. The highest BCUT2D eigenvalue weighted by molar-refractivity contribution is 7.89. The van der Waals surface area contributed by atoms with Crippen LogP contribution >= 0.6 is 0 Å². The Labute approximate surface area is 113 Å². The first-order valence-corrected chi connectivity index (χ1v) is 7.82. The fourth-order valence-corrected chi connectivity index (χ4v) is 3.94. The number of aromatic amines is 1.